The number of methoxy groups -OCH3 is 2. The van der Waals surface area contributed by atoms with Crippen LogP contribution in [0.2, 0.25) is 0 Å². The molecule has 57 heavy (non-hydrogen) atoms. The second-order valence-corrected chi connectivity index (χ2v) is 14.5. The number of rotatable bonds is 17. The predicted octanol–water partition coefficient (Wildman–Crippen LogP) is 4.21. The summed E-state index contributed by atoms with van der Waals surface area (Å²) in [5.41, 5.74) is 18.1. The molecule has 0 spiro atoms. The Balaban J connectivity index is 0.000000295. The van der Waals surface area contributed by atoms with E-state index in [1.165, 1.54) is 0 Å². The molecule has 0 saturated heterocycles. The Hall–Kier alpha value is -4.04. The maximum Gasteiger partial charge on any atom is 1.00 e. The second-order valence-electron chi connectivity index (χ2n) is 14.5. The van der Waals surface area contributed by atoms with Crippen molar-refractivity contribution in [3.63, 3.8) is 0 Å². The number of carboxylic acid groups (broad SMARTS) is 1. The Morgan fingerprint density at radius 2 is 1.23 bits per heavy atom. The van der Waals surface area contributed by atoms with E-state index in [1.807, 2.05) is 44.2 Å². The number of nitrogens with one attached hydrogen (secondary N) is 2. The number of carbonyl (C=O) groups is 1. The quantitative estimate of drug-likeness (QED) is 0.0575. The maximum absolute atomic E-state index is 11.7. The van der Waals surface area contributed by atoms with Crippen LogP contribution in [-0.2, 0) is 28.6 Å². The third kappa shape index (κ3) is 11.3. The largest absolute Gasteiger partial charge is 1.00 e. The van der Waals surface area contributed by atoms with E-state index in [-0.39, 0.29) is 74.3 Å². The van der Waals surface area contributed by atoms with Crippen molar-refractivity contribution in [2.75, 3.05) is 49.4 Å². The normalized spacial score (nSPS) is 14.0. The zero-order chi connectivity index (χ0) is 39.8. The first kappa shape index (κ1) is 47.3. The number of nitrogens with zero attached hydrogens (tertiary/aromatic N) is 5. The summed E-state index contributed by atoms with van der Waals surface area (Å²) in [6.45, 7) is 17.3. The number of anilines is 4. The van der Waals surface area contributed by atoms with E-state index in [4.69, 9.17) is 27.5 Å². The van der Waals surface area contributed by atoms with Gasteiger partial charge in [-0.05, 0) is 80.5 Å². The van der Waals surface area contributed by atoms with Crippen LogP contribution in [0.25, 0.3) is 4.85 Å². The Labute approximate surface area is 378 Å². The molecule has 14 nitrogen and oxygen atoms in total. The molecule has 2 aromatic heterocycles. The molecule has 2 aromatic carbocycles. The average Bonchev–Trinajstić information content (AvgIpc) is 4.10. The Morgan fingerprint density at radius 1 is 0.789 bits per heavy atom. The number of unbranched alkanes of at least 4 members (excludes halogenated alkanes) is 2. The Kier molecular flexibility index (Phi) is 17.5. The molecule has 15 heteroatoms. The summed E-state index contributed by atoms with van der Waals surface area (Å²) in [6.07, 6.45) is 8.64. The van der Waals surface area contributed by atoms with E-state index in [0.29, 0.717) is 25.7 Å². The molecule has 300 valence electrons. The zero-order valence-corrected chi connectivity index (χ0v) is 37.6. The smallest absolute Gasteiger partial charge is 0.870 e. The third-order valence-corrected chi connectivity index (χ3v) is 10.6. The van der Waals surface area contributed by atoms with Gasteiger partial charge in [0.1, 0.15) is 23.1 Å². The number of aliphatic carboxylic acids is 1. The van der Waals surface area contributed by atoms with Crippen molar-refractivity contribution in [2.45, 2.75) is 103 Å². The van der Waals surface area contributed by atoms with E-state index >= 15 is 0 Å². The van der Waals surface area contributed by atoms with Crippen LogP contribution in [0.1, 0.15) is 110 Å². The van der Waals surface area contributed by atoms with Crippen LogP contribution in [0.5, 0.6) is 11.5 Å². The van der Waals surface area contributed by atoms with Crippen LogP contribution in [0.3, 0.4) is 0 Å². The van der Waals surface area contributed by atoms with E-state index in [0.717, 1.165) is 120 Å². The summed E-state index contributed by atoms with van der Waals surface area (Å²) in [6, 6.07) is 11.7. The first-order valence-corrected chi connectivity index (χ1v) is 19.1. The SMILES string of the molecule is CCCCNc1nc(N)nc(C)c1Cc1cc(C2(C(=O)O)CC2)ccc1OC.[C-]#[N+]C1(c2ccc(OC)c(Cc3c(C)nc(N)nc3NCCCC)c2)CC1.[K+].[OH-]. The molecule has 0 unspecified atom stereocenters. The van der Waals surface area contributed by atoms with Crippen molar-refractivity contribution in [2.24, 2.45) is 0 Å². The number of ether oxygens (including phenoxy) is 2. The van der Waals surface area contributed by atoms with Gasteiger partial charge in [-0.3, -0.25) is 4.79 Å². The number of hydrogen-bond acceptors (Lipinski definition) is 12. The molecular weight excluding hydrogens is 750 g/mol. The van der Waals surface area contributed by atoms with Crippen LogP contribution in [-0.4, -0.2) is 63.8 Å². The molecule has 0 amide bonds. The minimum atomic E-state index is -0.766. The third-order valence-electron chi connectivity index (χ3n) is 10.6. The fraction of sp³-hybridized carbons (Fsp3) is 0.476. The molecule has 2 saturated carbocycles. The van der Waals surface area contributed by atoms with Crippen molar-refractivity contribution >= 4 is 29.5 Å². The fourth-order valence-corrected chi connectivity index (χ4v) is 6.85. The second kappa shape index (κ2) is 21.1. The summed E-state index contributed by atoms with van der Waals surface area (Å²) < 4.78 is 11.1. The average molecular weight is 806 g/mol. The van der Waals surface area contributed by atoms with Crippen molar-refractivity contribution in [3.8, 4) is 11.5 Å². The van der Waals surface area contributed by atoms with Gasteiger partial charge < -0.3 is 47.0 Å². The molecule has 2 aliphatic carbocycles. The Bertz CT molecular complexity index is 2050. The van der Waals surface area contributed by atoms with E-state index in [2.05, 4.69) is 55.3 Å². The van der Waals surface area contributed by atoms with Crippen LogP contribution >= 0.6 is 0 Å². The number of carboxylic acids is 1. The van der Waals surface area contributed by atoms with Gasteiger partial charge in [0.2, 0.25) is 11.9 Å². The summed E-state index contributed by atoms with van der Waals surface area (Å²) in [4.78, 5) is 33.1. The molecule has 0 bridgehead atoms. The monoisotopic (exact) mass is 805 g/mol. The molecule has 0 aliphatic heterocycles. The molecular formula is C42H56KN9O5. The van der Waals surface area contributed by atoms with Gasteiger partial charge in [0.25, 0.3) is 5.54 Å². The standard InChI is InChI=1S/C21H27N5O.C21H28N4O3.K.H2O/c1-5-6-11-24-19-17(14(2)25-20(22)26-19)13-15-12-16(7-8-18(15)27-4)21(23-3)9-10-21;1-4-5-10-23-18-16(13(2)24-20(22)25-18)12-14-11-15(6-7-17(14)28-3)21(8-9-21)19(26)27;;/h7-8,12H,5-6,9-11,13H2,1-2,4H3,(H3,22,24,25,26);6-7,11H,4-5,8-10,12H2,1-3H3,(H,26,27)(H3,22,23,24,25);;1H2/q;;+1;/p-1. The Morgan fingerprint density at radius 3 is 1.60 bits per heavy atom. The van der Waals surface area contributed by atoms with Gasteiger partial charge in [-0.15, -0.1) is 0 Å². The minimum Gasteiger partial charge on any atom is -0.870 e. The molecule has 2 heterocycles. The van der Waals surface area contributed by atoms with Crippen molar-refractivity contribution in [1.29, 1.82) is 0 Å². The maximum atomic E-state index is 11.7. The van der Waals surface area contributed by atoms with E-state index < -0.39 is 11.4 Å². The number of nitrogens with two attached hydrogens (primary N) is 2. The molecule has 2 fully saturated rings. The van der Waals surface area contributed by atoms with Crippen molar-refractivity contribution in [1.82, 2.24) is 19.9 Å². The molecule has 8 N–H and O–H groups in total. The molecule has 6 rings (SSSR count). The van der Waals surface area contributed by atoms with Crippen LogP contribution in [0, 0.1) is 20.4 Å². The van der Waals surface area contributed by atoms with Crippen LogP contribution in [0.15, 0.2) is 36.4 Å². The number of aromatic nitrogens is 4. The molecule has 2 aliphatic rings. The van der Waals surface area contributed by atoms with E-state index in [9.17, 15) is 9.90 Å². The molecule has 0 radical (unpaired) electrons. The van der Waals surface area contributed by atoms with Gasteiger partial charge in [-0.2, -0.15) is 9.97 Å². The summed E-state index contributed by atoms with van der Waals surface area (Å²) >= 11 is 0. The zero-order valence-electron chi connectivity index (χ0n) is 34.5. The van der Waals surface area contributed by atoms with Crippen LogP contribution < -0.4 is 83.0 Å². The molecule has 0 atom stereocenters. The van der Waals surface area contributed by atoms with Gasteiger partial charge in [0, 0.05) is 66.9 Å². The van der Waals surface area contributed by atoms with Crippen molar-refractivity contribution in [3.05, 3.63) is 92.6 Å². The summed E-state index contributed by atoms with van der Waals surface area (Å²) in [7, 11) is 3.29. The van der Waals surface area contributed by atoms with Gasteiger partial charge in [-0.25, -0.2) is 16.5 Å². The fourth-order valence-electron chi connectivity index (χ4n) is 6.85. The first-order chi connectivity index (χ1) is 26.4. The summed E-state index contributed by atoms with van der Waals surface area (Å²) in [5.74, 6) is 2.80. The number of nitrogen functional groups attached to an aromatic ring is 2. The van der Waals surface area contributed by atoms with Crippen LogP contribution in [0.4, 0.5) is 23.5 Å². The predicted molar refractivity (Wildman–Crippen MR) is 219 cm³/mol. The van der Waals surface area contributed by atoms with Crippen molar-refractivity contribution < 1.29 is 76.2 Å². The molecule has 4 aromatic rings. The van der Waals surface area contributed by atoms with Gasteiger partial charge in [0.15, 0.2) is 0 Å². The minimum absolute atomic E-state index is 0. The van der Waals surface area contributed by atoms with E-state index in [1.54, 1.807) is 14.2 Å². The summed E-state index contributed by atoms with van der Waals surface area (Å²) in [5, 5.41) is 16.4. The number of hydrogen-bond donors (Lipinski definition) is 5. The van der Waals surface area contributed by atoms with Gasteiger partial charge >= 0.3 is 57.4 Å². The van der Waals surface area contributed by atoms with Gasteiger partial charge in [0.05, 0.1) is 19.6 Å². The van der Waals surface area contributed by atoms with Gasteiger partial charge in [-0.1, -0.05) is 38.8 Å². The number of benzene rings is 2. The first-order valence-electron chi connectivity index (χ1n) is 19.1. The topological polar surface area (TPSA) is 218 Å². The number of aryl methyl sites for hydroxylation is 2.